The van der Waals surface area contributed by atoms with Crippen molar-refractivity contribution in [1.29, 1.82) is 0 Å². The molecule has 5 heteroatoms. The largest absolute Gasteiger partial charge is 0.543 e. The lowest BCUT2D eigenvalue weighted by atomic mass is 10.1. The Kier molecular flexibility index (Phi) is 3.26. The van der Waals surface area contributed by atoms with Crippen LogP contribution in [0.15, 0.2) is 18.3 Å². The maximum Gasteiger partial charge on any atom is 0.250 e. The lowest BCUT2D eigenvalue weighted by molar-refractivity contribution is 0.112. The molecule has 0 aliphatic rings. The van der Waals surface area contributed by atoms with Crippen molar-refractivity contribution in [3.8, 4) is 5.75 Å². The van der Waals surface area contributed by atoms with Gasteiger partial charge in [-0.3, -0.25) is 9.89 Å². The number of nitrogens with one attached hydrogen (secondary N) is 1. The standard InChI is InChI=1S/C14H20N2O2Si/c1-14(2,3)19(4,5)18-13-7-6-12-10(8-15-16-12)11(13)9-17/h6-9H,1-5H3,(H,15,16). The number of carbonyl (C=O) groups excluding carboxylic acids is 1. The zero-order chi connectivity index (χ0) is 14.3. The van der Waals surface area contributed by atoms with Crippen molar-refractivity contribution >= 4 is 25.5 Å². The van der Waals surface area contributed by atoms with Gasteiger partial charge in [-0.1, -0.05) is 20.8 Å². The van der Waals surface area contributed by atoms with E-state index in [0.717, 1.165) is 17.2 Å². The van der Waals surface area contributed by atoms with Gasteiger partial charge in [0.05, 0.1) is 17.3 Å². The minimum absolute atomic E-state index is 0.0957. The zero-order valence-corrected chi connectivity index (χ0v) is 13.1. The van der Waals surface area contributed by atoms with Crippen LogP contribution >= 0.6 is 0 Å². The Labute approximate surface area is 114 Å². The summed E-state index contributed by atoms with van der Waals surface area (Å²) in [5.74, 6) is 0.662. The highest BCUT2D eigenvalue weighted by Crippen LogP contribution is 2.38. The number of H-pyrrole nitrogens is 1. The number of carbonyl (C=O) groups is 1. The smallest absolute Gasteiger partial charge is 0.250 e. The molecule has 1 aromatic heterocycles. The third kappa shape index (κ3) is 2.42. The molecule has 102 valence electrons. The fourth-order valence-electron chi connectivity index (χ4n) is 1.66. The molecule has 4 nitrogen and oxygen atoms in total. The second-order valence-corrected chi connectivity index (χ2v) is 11.0. The van der Waals surface area contributed by atoms with Gasteiger partial charge in [-0.2, -0.15) is 5.10 Å². The van der Waals surface area contributed by atoms with Crippen LogP contribution in [0.3, 0.4) is 0 Å². The van der Waals surface area contributed by atoms with E-state index < -0.39 is 8.32 Å². The van der Waals surface area contributed by atoms with Gasteiger partial charge in [0, 0.05) is 5.39 Å². The molecular formula is C14H20N2O2Si. The summed E-state index contributed by atoms with van der Waals surface area (Å²) in [6.45, 7) is 10.9. The van der Waals surface area contributed by atoms with E-state index >= 15 is 0 Å². The highest BCUT2D eigenvalue weighted by molar-refractivity contribution is 6.74. The Morgan fingerprint density at radius 1 is 1.32 bits per heavy atom. The molecule has 0 radical (unpaired) electrons. The van der Waals surface area contributed by atoms with Crippen molar-refractivity contribution in [2.75, 3.05) is 0 Å². The van der Waals surface area contributed by atoms with Crippen LogP contribution in [-0.2, 0) is 0 Å². The summed E-state index contributed by atoms with van der Waals surface area (Å²) < 4.78 is 6.23. The van der Waals surface area contributed by atoms with Gasteiger partial charge in [0.25, 0.3) is 8.32 Å². The van der Waals surface area contributed by atoms with E-state index in [9.17, 15) is 4.79 Å². The molecule has 0 spiro atoms. The predicted molar refractivity (Wildman–Crippen MR) is 79.3 cm³/mol. The molecular weight excluding hydrogens is 256 g/mol. The molecule has 0 aliphatic heterocycles. The maximum absolute atomic E-state index is 11.4. The van der Waals surface area contributed by atoms with Crippen LogP contribution in [0.4, 0.5) is 0 Å². The molecule has 0 atom stereocenters. The van der Waals surface area contributed by atoms with Crippen LogP contribution in [-0.4, -0.2) is 24.8 Å². The monoisotopic (exact) mass is 276 g/mol. The van der Waals surface area contributed by atoms with Crippen molar-refractivity contribution in [3.05, 3.63) is 23.9 Å². The topological polar surface area (TPSA) is 55.0 Å². The first kappa shape index (κ1) is 13.8. The fraction of sp³-hybridized carbons (Fsp3) is 0.429. The highest BCUT2D eigenvalue weighted by Gasteiger charge is 2.39. The summed E-state index contributed by atoms with van der Waals surface area (Å²) in [6.07, 6.45) is 2.51. The predicted octanol–water partition coefficient (Wildman–Crippen LogP) is 3.76. The number of fused-ring (bicyclic) bond motifs is 1. The molecule has 1 N–H and O–H groups in total. The lowest BCUT2D eigenvalue weighted by Gasteiger charge is -2.36. The number of aromatic amines is 1. The van der Waals surface area contributed by atoms with Gasteiger partial charge < -0.3 is 4.43 Å². The summed E-state index contributed by atoms with van der Waals surface area (Å²) in [4.78, 5) is 11.4. The van der Waals surface area contributed by atoms with Crippen LogP contribution in [0.25, 0.3) is 10.9 Å². The molecule has 0 fully saturated rings. The van der Waals surface area contributed by atoms with Gasteiger partial charge in [0.15, 0.2) is 6.29 Å². The molecule has 0 unspecified atom stereocenters. The van der Waals surface area contributed by atoms with Crippen molar-refractivity contribution in [1.82, 2.24) is 10.2 Å². The van der Waals surface area contributed by atoms with Gasteiger partial charge in [0.1, 0.15) is 5.75 Å². The molecule has 1 heterocycles. The number of aldehydes is 1. The average Bonchev–Trinajstić information content (AvgIpc) is 2.74. The molecule has 1 aromatic carbocycles. The number of nitrogens with zero attached hydrogens (tertiary/aromatic N) is 1. The van der Waals surface area contributed by atoms with E-state index in [1.807, 2.05) is 12.1 Å². The number of aromatic nitrogens is 2. The molecule has 0 amide bonds. The van der Waals surface area contributed by atoms with Crippen molar-refractivity contribution in [3.63, 3.8) is 0 Å². The lowest BCUT2D eigenvalue weighted by Crippen LogP contribution is -2.44. The van der Waals surface area contributed by atoms with E-state index in [-0.39, 0.29) is 5.04 Å². The van der Waals surface area contributed by atoms with Crippen LogP contribution in [0, 0.1) is 0 Å². The third-order valence-corrected chi connectivity index (χ3v) is 8.26. The number of hydrogen-bond donors (Lipinski definition) is 1. The van der Waals surface area contributed by atoms with Gasteiger partial charge >= 0.3 is 0 Å². The Bertz CT molecular complexity index is 611. The first-order valence-corrected chi connectivity index (χ1v) is 9.27. The summed E-state index contributed by atoms with van der Waals surface area (Å²) in [5, 5.41) is 7.74. The molecule has 0 saturated heterocycles. The molecule has 0 saturated carbocycles. The zero-order valence-electron chi connectivity index (χ0n) is 12.1. The van der Waals surface area contributed by atoms with Crippen LogP contribution in [0.1, 0.15) is 31.1 Å². The summed E-state index contributed by atoms with van der Waals surface area (Å²) >= 11 is 0. The molecule has 2 aromatic rings. The third-order valence-electron chi connectivity index (χ3n) is 3.91. The highest BCUT2D eigenvalue weighted by atomic mass is 28.4. The summed E-state index contributed by atoms with van der Waals surface area (Å²) in [5.41, 5.74) is 1.43. The molecule has 2 rings (SSSR count). The average molecular weight is 276 g/mol. The fourth-order valence-corrected chi connectivity index (χ4v) is 2.69. The SMILES string of the molecule is CC(C)(C)[Si](C)(C)Oc1ccc2[nH]ncc2c1C=O. The van der Waals surface area contributed by atoms with Crippen LogP contribution in [0.2, 0.25) is 18.1 Å². The second kappa shape index (κ2) is 4.49. The number of rotatable bonds is 3. The molecule has 0 bridgehead atoms. The second-order valence-electron chi connectivity index (χ2n) is 6.29. The minimum Gasteiger partial charge on any atom is -0.543 e. The van der Waals surface area contributed by atoms with Crippen molar-refractivity contribution in [2.45, 2.75) is 38.9 Å². The summed E-state index contributed by atoms with van der Waals surface area (Å²) in [7, 11) is -1.95. The van der Waals surface area contributed by atoms with Gasteiger partial charge in [-0.25, -0.2) is 0 Å². The first-order chi connectivity index (χ1) is 8.76. The Morgan fingerprint density at radius 3 is 2.58 bits per heavy atom. The minimum atomic E-state index is -1.95. The van der Waals surface area contributed by atoms with Crippen molar-refractivity contribution in [2.24, 2.45) is 0 Å². The first-order valence-electron chi connectivity index (χ1n) is 6.36. The van der Waals surface area contributed by atoms with E-state index in [4.69, 9.17) is 4.43 Å². The van der Waals surface area contributed by atoms with Crippen molar-refractivity contribution < 1.29 is 9.22 Å². The van der Waals surface area contributed by atoms with Crippen LogP contribution in [0.5, 0.6) is 5.75 Å². The Hall–Kier alpha value is -1.62. The van der Waals surface area contributed by atoms with Gasteiger partial charge in [-0.05, 0) is 30.3 Å². The van der Waals surface area contributed by atoms with E-state index in [1.54, 1.807) is 6.20 Å². The van der Waals surface area contributed by atoms with E-state index in [0.29, 0.717) is 11.3 Å². The molecule has 0 aliphatic carbocycles. The number of hydrogen-bond acceptors (Lipinski definition) is 3. The van der Waals surface area contributed by atoms with Gasteiger partial charge in [0.2, 0.25) is 0 Å². The van der Waals surface area contributed by atoms with E-state index in [1.165, 1.54) is 0 Å². The Balaban J connectivity index is 2.49. The van der Waals surface area contributed by atoms with Crippen LogP contribution < -0.4 is 4.43 Å². The molecule has 19 heavy (non-hydrogen) atoms. The Morgan fingerprint density at radius 2 is 2.00 bits per heavy atom. The van der Waals surface area contributed by atoms with E-state index in [2.05, 4.69) is 44.1 Å². The quantitative estimate of drug-likeness (QED) is 0.686. The summed E-state index contributed by atoms with van der Waals surface area (Å²) in [6, 6.07) is 3.75. The maximum atomic E-state index is 11.4. The number of benzene rings is 1. The van der Waals surface area contributed by atoms with Gasteiger partial charge in [-0.15, -0.1) is 0 Å². The normalized spacial score (nSPS) is 12.7.